The Morgan fingerprint density at radius 3 is 2.53 bits per heavy atom. The molecule has 0 N–H and O–H groups in total. The second-order valence-corrected chi connectivity index (χ2v) is 7.56. The molecule has 3 aromatic rings. The second-order valence-electron chi connectivity index (χ2n) is 7.56. The van der Waals surface area contributed by atoms with E-state index >= 15 is 0 Å². The number of pyridine rings is 1. The maximum Gasteiger partial charge on any atom is 0.263 e. The van der Waals surface area contributed by atoms with Gasteiger partial charge in [-0.15, -0.1) is 0 Å². The molecular formula is C23H20N4O3. The molecule has 0 atom stereocenters. The van der Waals surface area contributed by atoms with Crippen molar-refractivity contribution in [2.24, 2.45) is 0 Å². The predicted octanol–water partition coefficient (Wildman–Crippen LogP) is 2.42. The van der Waals surface area contributed by atoms with Crippen molar-refractivity contribution in [1.29, 1.82) is 0 Å². The third kappa shape index (κ3) is 2.82. The first-order valence-corrected chi connectivity index (χ1v) is 9.89. The van der Waals surface area contributed by atoms with E-state index in [1.165, 1.54) is 7.05 Å². The Labute approximate surface area is 173 Å². The fourth-order valence-electron chi connectivity index (χ4n) is 4.19. The van der Waals surface area contributed by atoms with E-state index in [2.05, 4.69) is 9.88 Å². The van der Waals surface area contributed by atoms with Crippen LogP contribution in [0.2, 0.25) is 0 Å². The summed E-state index contributed by atoms with van der Waals surface area (Å²) in [6.07, 6.45) is 1.74. The van der Waals surface area contributed by atoms with Gasteiger partial charge in [0, 0.05) is 50.4 Å². The van der Waals surface area contributed by atoms with Crippen LogP contribution in [0.25, 0.3) is 10.9 Å². The molecule has 3 amide bonds. The maximum absolute atomic E-state index is 13.0. The Bertz CT molecular complexity index is 1200. The van der Waals surface area contributed by atoms with Crippen LogP contribution in [0, 0.1) is 0 Å². The van der Waals surface area contributed by atoms with Gasteiger partial charge in [-0.05, 0) is 36.4 Å². The summed E-state index contributed by atoms with van der Waals surface area (Å²) in [5.41, 5.74) is 3.18. The Morgan fingerprint density at radius 1 is 0.933 bits per heavy atom. The van der Waals surface area contributed by atoms with Crippen LogP contribution in [0.4, 0.5) is 5.69 Å². The molecule has 5 rings (SSSR count). The Balaban J connectivity index is 1.34. The molecule has 2 aliphatic heterocycles. The van der Waals surface area contributed by atoms with Gasteiger partial charge in [-0.3, -0.25) is 24.3 Å². The van der Waals surface area contributed by atoms with Gasteiger partial charge < -0.3 is 9.80 Å². The normalized spacial score (nSPS) is 16.4. The average molecular weight is 400 g/mol. The van der Waals surface area contributed by atoms with E-state index < -0.39 is 0 Å². The zero-order valence-corrected chi connectivity index (χ0v) is 16.5. The second kappa shape index (κ2) is 6.95. The van der Waals surface area contributed by atoms with Crippen molar-refractivity contribution in [2.75, 3.05) is 38.1 Å². The van der Waals surface area contributed by atoms with Gasteiger partial charge in [0.25, 0.3) is 17.7 Å². The van der Waals surface area contributed by atoms with Crippen LogP contribution in [-0.4, -0.2) is 65.7 Å². The number of hydrogen-bond acceptors (Lipinski definition) is 5. The first kappa shape index (κ1) is 18.3. The predicted molar refractivity (Wildman–Crippen MR) is 113 cm³/mol. The lowest BCUT2D eigenvalue weighted by molar-refractivity contribution is 0.0689. The lowest BCUT2D eigenvalue weighted by Gasteiger charge is -2.36. The fourth-order valence-corrected chi connectivity index (χ4v) is 4.19. The molecule has 0 radical (unpaired) electrons. The molecule has 1 saturated heterocycles. The van der Waals surface area contributed by atoms with E-state index in [9.17, 15) is 14.4 Å². The molecule has 7 nitrogen and oxygen atoms in total. The topological polar surface area (TPSA) is 73.8 Å². The van der Waals surface area contributed by atoms with Gasteiger partial charge >= 0.3 is 0 Å². The summed E-state index contributed by atoms with van der Waals surface area (Å²) in [5.74, 6) is -0.546. The van der Waals surface area contributed by atoms with E-state index in [1.54, 1.807) is 18.3 Å². The highest BCUT2D eigenvalue weighted by Crippen LogP contribution is 2.31. The molecule has 1 fully saturated rings. The van der Waals surface area contributed by atoms with Gasteiger partial charge in [0.2, 0.25) is 0 Å². The first-order chi connectivity index (χ1) is 14.5. The van der Waals surface area contributed by atoms with Gasteiger partial charge in [-0.25, -0.2) is 0 Å². The van der Waals surface area contributed by atoms with Gasteiger partial charge in [0.1, 0.15) is 0 Å². The summed E-state index contributed by atoms with van der Waals surface area (Å²) in [4.78, 5) is 47.2. The minimum Gasteiger partial charge on any atom is -0.367 e. The molecule has 7 heteroatoms. The zero-order valence-electron chi connectivity index (χ0n) is 16.5. The monoisotopic (exact) mass is 400 g/mol. The summed E-state index contributed by atoms with van der Waals surface area (Å²) < 4.78 is 0. The highest BCUT2D eigenvalue weighted by molar-refractivity contribution is 6.23. The van der Waals surface area contributed by atoms with Crippen LogP contribution in [0.3, 0.4) is 0 Å². The fraction of sp³-hybridized carbons (Fsp3) is 0.217. The number of anilines is 1. The summed E-state index contributed by atoms with van der Waals surface area (Å²) in [7, 11) is 1.50. The Kier molecular flexibility index (Phi) is 4.24. The number of carbonyl (C=O) groups excluding carboxylic acids is 3. The average Bonchev–Trinajstić information content (AvgIpc) is 3.02. The number of benzene rings is 2. The number of amides is 3. The largest absolute Gasteiger partial charge is 0.367 e. The molecule has 150 valence electrons. The number of fused-ring (bicyclic) bond motifs is 2. The van der Waals surface area contributed by atoms with Crippen molar-refractivity contribution in [3.63, 3.8) is 0 Å². The molecule has 0 unspecified atom stereocenters. The number of rotatable bonds is 2. The molecule has 2 aliphatic rings. The number of carbonyl (C=O) groups is 3. The van der Waals surface area contributed by atoms with Crippen LogP contribution in [0.5, 0.6) is 0 Å². The molecule has 2 aromatic carbocycles. The lowest BCUT2D eigenvalue weighted by atomic mass is 10.1. The maximum atomic E-state index is 13.0. The Hall–Kier alpha value is -3.74. The zero-order chi connectivity index (χ0) is 20.8. The van der Waals surface area contributed by atoms with Crippen molar-refractivity contribution in [3.05, 3.63) is 71.4 Å². The summed E-state index contributed by atoms with van der Waals surface area (Å²) in [6, 6.07) is 14.7. The molecule has 0 saturated carbocycles. The number of hydrogen-bond donors (Lipinski definition) is 0. The minimum absolute atomic E-state index is 0.00955. The summed E-state index contributed by atoms with van der Waals surface area (Å²) >= 11 is 0. The van der Waals surface area contributed by atoms with Gasteiger partial charge in [0.15, 0.2) is 0 Å². The van der Waals surface area contributed by atoms with Crippen LogP contribution >= 0.6 is 0 Å². The van der Waals surface area contributed by atoms with Gasteiger partial charge in [-0.2, -0.15) is 0 Å². The molecule has 1 aromatic heterocycles. The van der Waals surface area contributed by atoms with E-state index in [1.807, 2.05) is 41.3 Å². The highest BCUT2D eigenvalue weighted by atomic mass is 16.2. The van der Waals surface area contributed by atoms with E-state index in [-0.39, 0.29) is 17.7 Å². The number of imide groups is 1. The molecule has 30 heavy (non-hydrogen) atoms. The third-order valence-corrected chi connectivity index (χ3v) is 5.85. The van der Waals surface area contributed by atoms with E-state index in [4.69, 9.17) is 0 Å². The molecular weight excluding hydrogens is 380 g/mol. The van der Waals surface area contributed by atoms with Crippen molar-refractivity contribution in [3.8, 4) is 0 Å². The van der Waals surface area contributed by atoms with Crippen LogP contribution in [-0.2, 0) is 0 Å². The smallest absolute Gasteiger partial charge is 0.263 e. The Morgan fingerprint density at radius 2 is 1.73 bits per heavy atom. The molecule has 0 spiro atoms. The van der Waals surface area contributed by atoms with Crippen molar-refractivity contribution in [1.82, 2.24) is 14.8 Å². The number of nitrogens with zero attached hydrogens (tertiary/aromatic N) is 4. The third-order valence-electron chi connectivity index (χ3n) is 5.85. The van der Waals surface area contributed by atoms with Crippen molar-refractivity contribution >= 4 is 34.3 Å². The summed E-state index contributed by atoms with van der Waals surface area (Å²) in [5, 5.41) is 0.939. The lowest BCUT2D eigenvalue weighted by Crippen LogP contribution is -2.49. The van der Waals surface area contributed by atoms with Crippen molar-refractivity contribution in [2.45, 2.75) is 0 Å². The highest BCUT2D eigenvalue weighted by Gasteiger charge is 2.36. The van der Waals surface area contributed by atoms with Crippen molar-refractivity contribution < 1.29 is 14.4 Å². The van der Waals surface area contributed by atoms with Gasteiger partial charge in [-0.1, -0.05) is 12.1 Å². The number of piperazine rings is 1. The molecule has 0 aliphatic carbocycles. The van der Waals surface area contributed by atoms with Gasteiger partial charge in [0.05, 0.1) is 22.3 Å². The SMILES string of the molecule is CN1C(=O)c2cccc(N3CCN(C(=O)c4ccc5ncccc5c4)CC3)c2C1=O. The van der Waals surface area contributed by atoms with E-state index in [0.29, 0.717) is 42.9 Å². The standard InChI is InChI=1S/C23H20N4O3/c1-25-22(29)17-5-2-6-19(20(17)23(25)30)26-10-12-27(13-11-26)21(28)16-7-8-18-15(14-16)4-3-9-24-18/h2-9,14H,10-13H2,1H3. The molecule has 0 bridgehead atoms. The number of aromatic nitrogens is 1. The van der Waals surface area contributed by atoms with Crippen LogP contribution < -0.4 is 4.90 Å². The minimum atomic E-state index is -0.270. The first-order valence-electron chi connectivity index (χ1n) is 9.89. The van der Waals surface area contributed by atoms with Crippen LogP contribution in [0.1, 0.15) is 31.1 Å². The van der Waals surface area contributed by atoms with E-state index in [0.717, 1.165) is 21.5 Å². The quantitative estimate of drug-likeness (QED) is 0.618. The summed E-state index contributed by atoms with van der Waals surface area (Å²) in [6.45, 7) is 2.29. The molecule has 3 heterocycles. The van der Waals surface area contributed by atoms with Crippen LogP contribution in [0.15, 0.2) is 54.7 Å².